The second-order valence-electron chi connectivity index (χ2n) is 10.8. The number of carbonyl (C=O) groups is 1. The van der Waals surface area contributed by atoms with E-state index < -0.39 is 0 Å². The Morgan fingerprint density at radius 1 is 0.977 bits per heavy atom. The summed E-state index contributed by atoms with van der Waals surface area (Å²) in [5, 5.41) is 7.74. The van der Waals surface area contributed by atoms with Gasteiger partial charge < -0.3 is 24.8 Å². The highest BCUT2D eigenvalue weighted by atomic mass is 35.5. The van der Waals surface area contributed by atoms with Gasteiger partial charge >= 0.3 is 0 Å². The largest absolute Gasteiger partial charge is 0.484 e. The van der Waals surface area contributed by atoms with Gasteiger partial charge in [0.1, 0.15) is 5.75 Å². The van der Waals surface area contributed by atoms with Crippen LogP contribution in [-0.4, -0.2) is 27.2 Å². The summed E-state index contributed by atoms with van der Waals surface area (Å²) in [5.41, 5.74) is 7.95. The SMILES string of the molecule is Cc1ccc(Cl)cc1-n1c(C)cc([C@@H]2[C@@H](c3ccccn3)NC(=S)N2c2ccc(NC(=O)COc3ccccc3)cc2)c1C. The summed E-state index contributed by atoms with van der Waals surface area (Å²) in [6.45, 7) is 6.25. The lowest BCUT2D eigenvalue weighted by Gasteiger charge is -2.28. The maximum atomic E-state index is 12.6. The Kier molecular flexibility index (Phi) is 8.37. The van der Waals surface area contributed by atoms with Crippen LogP contribution in [0.5, 0.6) is 5.75 Å². The van der Waals surface area contributed by atoms with Gasteiger partial charge in [0, 0.05) is 39.7 Å². The van der Waals surface area contributed by atoms with Crippen LogP contribution in [0.3, 0.4) is 0 Å². The van der Waals surface area contributed by atoms with E-state index in [9.17, 15) is 4.79 Å². The van der Waals surface area contributed by atoms with E-state index in [0.29, 0.717) is 21.6 Å². The lowest BCUT2D eigenvalue weighted by molar-refractivity contribution is -0.118. The van der Waals surface area contributed by atoms with Gasteiger partial charge in [-0.1, -0.05) is 41.9 Å². The Morgan fingerprint density at radius 2 is 1.73 bits per heavy atom. The third kappa shape index (κ3) is 5.91. The Bertz CT molecular complexity index is 1810. The van der Waals surface area contributed by atoms with Crippen LogP contribution in [-0.2, 0) is 4.79 Å². The molecular weight excluding hydrogens is 590 g/mol. The molecule has 3 heterocycles. The monoisotopic (exact) mass is 621 g/mol. The molecule has 0 unspecified atom stereocenters. The third-order valence-electron chi connectivity index (χ3n) is 7.84. The molecule has 222 valence electrons. The van der Waals surface area contributed by atoms with Gasteiger partial charge in [0.15, 0.2) is 11.7 Å². The minimum atomic E-state index is -0.239. The third-order valence-corrected chi connectivity index (χ3v) is 8.39. The van der Waals surface area contributed by atoms with E-state index in [4.69, 9.17) is 33.5 Å². The number of para-hydroxylation sites is 1. The lowest BCUT2D eigenvalue weighted by Crippen LogP contribution is -2.29. The van der Waals surface area contributed by atoms with E-state index in [1.807, 2.05) is 91.0 Å². The fourth-order valence-electron chi connectivity index (χ4n) is 5.80. The molecule has 7 nitrogen and oxygen atoms in total. The molecule has 0 spiro atoms. The standard InChI is InChI=1S/C35H32ClN5O2S/c1-22-12-13-25(36)20-31(22)40-23(2)19-29(24(40)3)34-33(30-11-7-8-18-37-30)39-35(44)41(34)27-16-14-26(15-17-27)38-32(42)21-43-28-9-5-4-6-10-28/h4-20,33-34H,21H2,1-3H3,(H,38,42)(H,39,44)/t33-,34-/m1/s1. The molecule has 5 aromatic rings. The van der Waals surface area contributed by atoms with E-state index >= 15 is 0 Å². The van der Waals surface area contributed by atoms with E-state index in [2.05, 4.69) is 46.9 Å². The summed E-state index contributed by atoms with van der Waals surface area (Å²) in [5.74, 6) is 0.406. The van der Waals surface area contributed by atoms with E-state index in [0.717, 1.165) is 39.6 Å². The summed E-state index contributed by atoms with van der Waals surface area (Å²) < 4.78 is 7.84. The summed E-state index contributed by atoms with van der Waals surface area (Å²) in [7, 11) is 0. The van der Waals surface area contributed by atoms with Gasteiger partial charge in [-0.3, -0.25) is 9.78 Å². The number of aromatic nitrogens is 2. The fraction of sp³-hybridized carbons (Fsp3) is 0.171. The van der Waals surface area contributed by atoms with Crippen molar-refractivity contribution in [3.8, 4) is 11.4 Å². The van der Waals surface area contributed by atoms with Crippen LogP contribution >= 0.6 is 23.8 Å². The molecular formula is C35H32ClN5O2S. The van der Waals surface area contributed by atoms with Gasteiger partial charge in [0.25, 0.3) is 5.91 Å². The molecule has 0 aliphatic carbocycles. The first-order valence-corrected chi connectivity index (χ1v) is 15.1. The van der Waals surface area contributed by atoms with Crippen LogP contribution < -0.4 is 20.3 Å². The van der Waals surface area contributed by atoms with Crippen molar-refractivity contribution in [1.82, 2.24) is 14.9 Å². The summed E-state index contributed by atoms with van der Waals surface area (Å²) in [6, 6.07) is 30.7. The zero-order valence-electron chi connectivity index (χ0n) is 24.6. The molecule has 1 aliphatic rings. The van der Waals surface area contributed by atoms with E-state index in [1.54, 1.807) is 6.20 Å². The van der Waals surface area contributed by atoms with Gasteiger partial charge in [0.05, 0.1) is 17.8 Å². The molecule has 2 atom stereocenters. The first kappa shape index (κ1) is 29.4. The number of benzene rings is 3. The summed E-state index contributed by atoms with van der Waals surface area (Å²) in [4.78, 5) is 19.4. The number of carbonyl (C=O) groups excluding carboxylic acids is 1. The quantitative estimate of drug-likeness (QED) is 0.174. The Labute approximate surface area is 267 Å². The highest BCUT2D eigenvalue weighted by molar-refractivity contribution is 7.80. The Morgan fingerprint density at radius 3 is 2.45 bits per heavy atom. The number of hydrogen-bond acceptors (Lipinski definition) is 4. The first-order valence-electron chi connectivity index (χ1n) is 14.3. The lowest BCUT2D eigenvalue weighted by atomic mass is 9.96. The minimum Gasteiger partial charge on any atom is -0.484 e. The van der Waals surface area contributed by atoms with Crippen LogP contribution in [0.25, 0.3) is 5.69 Å². The van der Waals surface area contributed by atoms with Crippen LogP contribution in [0.15, 0.2) is 103 Å². The number of pyridine rings is 1. The fourth-order valence-corrected chi connectivity index (χ4v) is 6.31. The molecule has 1 fully saturated rings. The molecule has 0 saturated carbocycles. The Balaban J connectivity index is 1.32. The van der Waals surface area contributed by atoms with Crippen LogP contribution in [0.2, 0.25) is 5.02 Å². The number of nitrogens with one attached hydrogen (secondary N) is 2. The number of hydrogen-bond donors (Lipinski definition) is 2. The van der Waals surface area contributed by atoms with Gasteiger partial charge in [-0.2, -0.15) is 0 Å². The molecule has 3 aromatic carbocycles. The molecule has 44 heavy (non-hydrogen) atoms. The molecule has 1 saturated heterocycles. The predicted octanol–water partition coefficient (Wildman–Crippen LogP) is 7.65. The number of rotatable bonds is 8. The van der Waals surface area contributed by atoms with Crippen molar-refractivity contribution in [1.29, 1.82) is 0 Å². The maximum absolute atomic E-state index is 12.6. The van der Waals surface area contributed by atoms with Crippen molar-refractivity contribution in [3.63, 3.8) is 0 Å². The molecule has 2 N–H and O–H groups in total. The van der Waals surface area contributed by atoms with Crippen molar-refractivity contribution in [2.45, 2.75) is 32.9 Å². The highest BCUT2D eigenvalue weighted by Crippen LogP contribution is 2.44. The molecule has 0 radical (unpaired) electrons. The normalized spacial score (nSPS) is 16.1. The van der Waals surface area contributed by atoms with Gasteiger partial charge in [-0.25, -0.2) is 0 Å². The number of anilines is 2. The number of aryl methyl sites for hydroxylation is 2. The second kappa shape index (κ2) is 12.5. The molecule has 6 rings (SSSR count). The Hall–Kier alpha value is -4.66. The van der Waals surface area contributed by atoms with Gasteiger partial charge in [-0.05, 0) is 111 Å². The summed E-state index contributed by atoms with van der Waals surface area (Å²) in [6.07, 6.45) is 1.80. The number of thiocarbonyl (C=S) groups is 1. The zero-order valence-corrected chi connectivity index (χ0v) is 26.2. The summed E-state index contributed by atoms with van der Waals surface area (Å²) >= 11 is 12.4. The predicted molar refractivity (Wildman–Crippen MR) is 180 cm³/mol. The van der Waals surface area contributed by atoms with Gasteiger partial charge in [-0.15, -0.1) is 0 Å². The van der Waals surface area contributed by atoms with Gasteiger partial charge in [0.2, 0.25) is 0 Å². The van der Waals surface area contributed by atoms with Crippen molar-refractivity contribution in [3.05, 3.63) is 136 Å². The average molecular weight is 622 g/mol. The topological polar surface area (TPSA) is 71.4 Å². The molecule has 1 amide bonds. The number of halogens is 1. The molecule has 1 aliphatic heterocycles. The number of nitrogens with zero attached hydrogens (tertiary/aromatic N) is 3. The number of ether oxygens (including phenoxy) is 1. The smallest absolute Gasteiger partial charge is 0.262 e. The van der Waals surface area contributed by atoms with Crippen LogP contribution in [0.1, 0.15) is 40.3 Å². The molecule has 2 aromatic heterocycles. The minimum absolute atomic E-state index is 0.0819. The molecule has 9 heteroatoms. The zero-order chi connectivity index (χ0) is 30.8. The van der Waals surface area contributed by atoms with Crippen molar-refractivity contribution in [2.75, 3.05) is 16.8 Å². The van der Waals surface area contributed by atoms with Crippen LogP contribution in [0, 0.1) is 20.8 Å². The maximum Gasteiger partial charge on any atom is 0.262 e. The van der Waals surface area contributed by atoms with E-state index in [1.165, 1.54) is 0 Å². The van der Waals surface area contributed by atoms with Crippen LogP contribution in [0.4, 0.5) is 11.4 Å². The number of amides is 1. The molecule has 0 bridgehead atoms. The highest BCUT2D eigenvalue weighted by Gasteiger charge is 2.42. The van der Waals surface area contributed by atoms with Crippen molar-refractivity contribution in [2.24, 2.45) is 0 Å². The van der Waals surface area contributed by atoms with E-state index in [-0.39, 0.29) is 24.6 Å². The second-order valence-corrected chi connectivity index (χ2v) is 11.6. The van der Waals surface area contributed by atoms with Crippen molar-refractivity contribution < 1.29 is 9.53 Å². The van der Waals surface area contributed by atoms with Crippen molar-refractivity contribution >= 4 is 46.2 Å². The first-order chi connectivity index (χ1) is 21.3. The average Bonchev–Trinajstić information content (AvgIpc) is 3.53.